The van der Waals surface area contributed by atoms with Crippen molar-refractivity contribution < 1.29 is 14.0 Å². The summed E-state index contributed by atoms with van der Waals surface area (Å²) in [6, 6.07) is 4.33. The predicted octanol–water partition coefficient (Wildman–Crippen LogP) is 1.91. The van der Waals surface area contributed by atoms with Crippen LogP contribution in [0, 0.1) is 5.82 Å². The smallest absolute Gasteiger partial charge is 0.297 e. The quantitative estimate of drug-likeness (QED) is 0.578. The Morgan fingerprint density at radius 2 is 2.12 bits per heavy atom. The fourth-order valence-electron chi connectivity index (χ4n) is 2.11. The Hall–Kier alpha value is -1.81. The molecule has 3 nitrogen and oxygen atoms in total. The maximum absolute atomic E-state index is 13.3. The van der Waals surface area contributed by atoms with Crippen LogP contribution < -0.4 is 4.48 Å². The highest BCUT2D eigenvalue weighted by molar-refractivity contribution is 6.08. The molecule has 17 heavy (non-hydrogen) atoms. The molecule has 1 heterocycles. The molecule has 1 amide bonds. The fourth-order valence-corrected chi connectivity index (χ4v) is 2.11. The van der Waals surface area contributed by atoms with E-state index < -0.39 is 5.82 Å². The van der Waals surface area contributed by atoms with Crippen LogP contribution in [0.25, 0.3) is 5.57 Å². The number of fused-ring (bicyclic) bond motifs is 1. The predicted molar refractivity (Wildman–Crippen MR) is 63.7 cm³/mol. The van der Waals surface area contributed by atoms with Crippen LogP contribution in [0.4, 0.5) is 10.1 Å². The van der Waals surface area contributed by atoms with Crippen molar-refractivity contribution in [3.05, 3.63) is 35.7 Å². The number of hydrogen-bond acceptors (Lipinski definition) is 2. The zero-order chi connectivity index (χ0) is 12.6. The lowest BCUT2D eigenvalue weighted by Gasteiger charge is -2.33. The van der Waals surface area contributed by atoms with Crippen LogP contribution in [-0.4, -0.2) is 25.8 Å². The first-order valence-corrected chi connectivity index (χ1v) is 5.31. The van der Waals surface area contributed by atoms with Crippen LogP contribution in [0.5, 0.6) is 0 Å². The Balaban J connectivity index is 2.70. The molecular weight excluding hydrogens is 221 g/mol. The van der Waals surface area contributed by atoms with Gasteiger partial charge in [-0.05, 0) is 24.6 Å². The lowest BCUT2D eigenvalue weighted by atomic mass is 9.98. The Morgan fingerprint density at radius 3 is 2.76 bits per heavy atom. The van der Waals surface area contributed by atoms with Crippen molar-refractivity contribution in [2.75, 3.05) is 13.6 Å². The normalized spacial score (nSPS) is 23.0. The summed E-state index contributed by atoms with van der Waals surface area (Å²) in [5.74, 6) is -0.603. The van der Waals surface area contributed by atoms with Gasteiger partial charge in [-0.2, -0.15) is 0 Å². The number of aldehydes is 1. The summed E-state index contributed by atoms with van der Waals surface area (Å²) < 4.78 is 13.1. The minimum absolute atomic E-state index is 0.0130. The highest BCUT2D eigenvalue weighted by Gasteiger charge is 2.38. The molecule has 4 heteroatoms. The summed E-state index contributed by atoms with van der Waals surface area (Å²) in [7, 11) is 1.62. The molecule has 1 aromatic carbocycles. The molecular formula is C13H13FNO2+. The van der Waals surface area contributed by atoms with Gasteiger partial charge in [0, 0.05) is 17.7 Å². The van der Waals surface area contributed by atoms with Gasteiger partial charge in [-0.1, -0.05) is 0 Å². The number of nitrogens with zero attached hydrogens (tertiary/aromatic N) is 1. The molecule has 1 aromatic rings. The van der Waals surface area contributed by atoms with Gasteiger partial charge in [-0.25, -0.2) is 13.7 Å². The van der Waals surface area contributed by atoms with E-state index >= 15 is 0 Å². The van der Waals surface area contributed by atoms with E-state index in [0.717, 1.165) is 11.1 Å². The van der Waals surface area contributed by atoms with Crippen molar-refractivity contribution in [2.45, 2.75) is 6.92 Å². The lowest BCUT2D eigenvalue weighted by Crippen LogP contribution is -2.52. The zero-order valence-corrected chi connectivity index (χ0v) is 9.74. The Morgan fingerprint density at radius 1 is 1.41 bits per heavy atom. The van der Waals surface area contributed by atoms with Crippen LogP contribution in [0.3, 0.4) is 0 Å². The van der Waals surface area contributed by atoms with Crippen LogP contribution >= 0.6 is 0 Å². The second-order valence-corrected chi connectivity index (χ2v) is 4.37. The Kier molecular flexibility index (Phi) is 2.67. The number of hydrogen-bond donors (Lipinski definition) is 0. The van der Waals surface area contributed by atoms with Crippen molar-refractivity contribution in [3.63, 3.8) is 0 Å². The Bertz CT molecular complexity index is 536. The first-order chi connectivity index (χ1) is 7.99. The van der Waals surface area contributed by atoms with Crippen LogP contribution in [-0.2, 0) is 9.59 Å². The number of benzene rings is 1. The third kappa shape index (κ3) is 1.70. The minimum atomic E-state index is -0.401. The molecule has 0 spiro atoms. The van der Waals surface area contributed by atoms with E-state index in [2.05, 4.69) is 0 Å². The highest BCUT2D eigenvalue weighted by Crippen LogP contribution is 2.36. The van der Waals surface area contributed by atoms with Crippen molar-refractivity contribution in [1.29, 1.82) is 0 Å². The summed E-state index contributed by atoms with van der Waals surface area (Å²) >= 11 is 0. The van der Waals surface area contributed by atoms with E-state index in [1.807, 2.05) is 0 Å². The number of carbonyl (C=O) groups is 2. The molecule has 0 aliphatic carbocycles. The molecule has 0 aromatic heterocycles. The van der Waals surface area contributed by atoms with Crippen LogP contribution in [0.2, 0.25) is 0 Å². The van der Waals surface area contributed by atoms with Gasteiger partial charge in [0.1, 0.15) is 12.4 Å². The van der Waals surface area contributed by atoms with Gasteiger partial charge in [0.05, 0.1) is 7.05 Å². The van der Waals surface area contributed by atoms with Gasteiger partial charge in [-0.3, -0.25) is 4.79 Å². The zero-order valence-electron chi connectivity index (χ0n) is 9.74. The molecule has 0 N–H and O–H groups in total. The fraction of sp³-hybridized carbons (Fsp3) is 0.231. The summed E-state index contributed by atoms with van der Waals surface area (Å²) in [6.45, 7) is 1.82. The van der Waals surface area contributed by atoms with Crippen molar-refractivity contribution >= 4 is 23.5 Å². The summed E-state index contributed by atoms with van der Waals surface area (Å²) in [6.07, 6.45) is 2.19. The van der Waals surface area contributed by atoms with E-state index in [0.29, 0.717) is 12.0 Å². The van der Waals surface area contributed by atoms with E-state index in [1.165, 1.54) is 18.2 Å². The molecule has 0 saturated heterocycles. The van der Waals surface area contributed by atoms with Gasteiger partial charge >= 0.3 is 5.91 Å². The molecule has 1 atom stereocenters. The van der Waals surface area contributed by atoms with Gasteiger partial charge < -0.3 is 0 Å². The average Bonchev–Trinajstić information content (AvgIpc) is 2.27. The molecule has 0 fully saturated rings. The molecule has 1 aliphatic rings. The topological polar surface area (TPSA) is 34.1 Å². The Labute approximate surface area is 98.7 Å². The molecule has 88 valence electrons. The SMILES string of the molecule is CC1=CC(=O)[N+](C)(CC=O)c2cc(F)ccc21. The number of halogens is 1. The number of carbonyl (C=O) groups excluding carboxylic acids is 2. The van der Waals surface area contributed by atoms with Crippen LogP contribution in [0.1, 0.15) is 12.5 Å². The summed E-state index contributed by atoms with van der Waals surface area (Å²) in [4.78, 5) is 22.7. The number of likely N-dealkylation sites (N-methyl/N-ethyl adjacent to an activating group) is 1. The number of allylic oxidation sites excluding steroid dienone is 1. The van der Waals surface area contributed by atoms with Gasteiger partial charge in [0.15, 0.2) is 12.0 Å². The van der Waals surface area contributed by atoms with E-state index in [-0.39, 0.29) is 16.9 Å². The van der Waals surface area contributed by atoms with E-state index in [9.17, 15) is 14.0 Å². The number of rotatable bonds is 2. The molecule has 0 radical (unpaired) electrons. The molecule has 0 saturated carbocycles. The van der Waals surface area contributed by atoms with Crippen molar-refractivity contribution in [3.8, 4) is 0 Å². The first kappa shape index (κ1) is 11.7. The third-order valence-corrected chi connectivity index (χ3v) is 3.18. The maximum Gasteiger partial charge on any atom is 0.344 e. The number of amides is 1. The first-order valence-electron chi connectivity index (χ1n) is 5.31. The van der Waals surface area contributed by atoms with E-state index in [4.69, 9.17) is 0 Å². The summed E-state index contributed by atoms with van der Waals surface area (Å²) in [5, 5.41) is 0. The van der Waals surface area contributed by atoms with Crippen LogP contribution in [0.15, 0.2) is 24.3 Å². The second-order valence-electron chi connectivity index (χ2n) is 4.37. The van der Waals surface area contributed by atoms with Gasteiger partial charge in [-0.15, -0.1) is 0 Å². The third-order valence-electron chi connectivity index (χ3n) is 3.18. The largest absolute Gasteiger partial charge is 0.344 e. The van der Waals surface area contributed by atoms with Crippen molar-refractivity contribution in [2.24, 2.45) is 0 Å². The lowest BCUT2D eigenvalue weighted by molar-refractivity contribution is -0.126. The van der Waals surface area contributed by atoms with Crippen molar-refractivity contribution in [1.82, 2.24) is 4.48 Å². The molecule has 2 rings (SSSR count). The minimum Gasteiger partial charge on any atom is -0.297 e. The second kappa shape index (κ2) is 3.89. The molecule has 1 aliphatic heterocycles. The monoisotopic (exact) mass is 234 g/mol. The standard InChI is InChI=1S/C13H13FNO2/c1-9-7-13(17)15(2,5-6-16)12-8-10(14)3-4-11(9)12/h3-4,6-8H,5H2,1-2H3/q+1. The summed E-state index contributed by atoms with van der Waals surface area (Å²) in [5.41, 5.74) is 2.16. The molecule has 0 bridgehead atoms. The number of quaternary nitrogens is 1. The van der Waals surface area contributed by atoms with Gasteiger partial charge in [0.25, 0.3) is 0 Å². The van der Waals surface area contributed by atoms with E-state index in [1.54, 1.807) is 20.0 Å². The van der Waals surface area contributed by atoms with Gasteiger partial charge in [0.2, 0.25) is 0 Å². The maximum atomic E-state index is 13.3. The molecule has 1 unspecified atom stereocenters. The highest BCUT2D eigenvalue weighted by atomic mass is 19.1. The average molecular weight is 234 g/mol.